The van der Waals surface area contributed by atoms with Gasteiger partial charge in [-0.25, -0.2) is 4.79 Å². The number of methoxy groups -OCH3 is 2. The number of aliphatic hydroxyl groups excluding tert-OH is 2. The Labute approximate surface area is 457 Å². The average Bonchev–Trinajstić information content (AvgIpc) is 3.40. The summed E-state index contributed by atoms with van der Waals surface area (Å²) in [5.74, 6) is -8.37. The van der Waals surface area contributed by atoms with E-state index in [-0.39, 0.29) is 74.4 Å². The summed E-state index contributed by atoms with van der Waals surface area (Å²) >= 11 is 0. The summed E-state index contributed by atoms with van der Waals surface area (Å²) in [5.41, 5.74) is 1.19. The standard InChI is InChI=1S/C59H93NO17/c1-37-15-11-10-12-16-38(2)50(75-36-46-35-73-26-25-71-23-24-72-27-28-74-46)33-45-20-18-43(7)59(68,77-45)56(65)57(66)60-22-14-13-17-47(60)58(67)76-51(40(4)31-44-19-21-48(61)52(32-44)69-8)34-49(62)39(3)30-42(6)54(64)55(70-9)53(63)41(5)29-37/h10-12,15-16,30,37,39-41,43-48,50-52,54-55,61,64,68H,13-14,17-29,31-36H2,1-9H3/b12-10+,15-11+,38-16+,42-30+/t37-,39-,40-,41-,43-,44+,45+,46?,47+,48-,50?,51+,52-,54-,55+,59-/m1/s1. The molecule has 1 saturated carbocycles. The summed E-state index contributed by atoms with van der Waals surface area (Å²) < 4.78 is 53.7. The molecule has 18 heteroatoms. The first-order valence-electron chi connectivity index (χ1n) is 28.4. The zero-order chi connectivity index (χ0) is 56.2. The molecule has 1 amide bonds. The van der Waals surface area contributed by atoms with Gasteiger partial charge in [0.1, 0.15) is 36.2 Å². The number of esters is 1. The Balaban J connectivity index is 1.47. The fourth-order valence-electron chi connectivity index (χ4n) is 11.3. The van der Waals surface area contributed by atoms with Gasteiger partial charge in [-0.1, -0.05) is 71.1 Å². The zero-order valence-corrected chi connectivity index (χ0v) is 47.5. The van der Waals surface area contributed by atoms with Crippen LogP contribution in [0.15, 0.2) is 47.6 Å². The van der Waals surface area contributed by atoms with Crippen LogP contribution in [0, 0.1) is 35.5 Å². The van der Waals surface area contributed by atoms with E-state index in [4.69, 9.17) is 42.6 Å². The number of nitrogens with zero attached hydrogens (tertiary/aromatic N) is 1. The van der Waals surface area contributed by atoms with Gasteiger partial charge >= 0.3 is 5.97 Å². The van der Waals surface area contributed by atoms with Gasteiger partial charge in [0, 0.05) is 51.4 Å². The molecule has 4 fully saturated rings. The SMILES string of the molecule is CO[C@@H]1C[C@H](C[C@@H](C)[C@@H]2CC(=O)[C@H](C)/C=C(\C)[C@@H](O)[C@@H](OC)C(=O)[C@H](C)C[C@H](C)/C=C/C=C/C=C(\C)C(OCC3COCCOCCOCCO3)C[C@@H]3CC[C@@H](C)[C@@](O)(O3)C(=O)C(=O)N3CCCC[C@H]3C(=O)O2)CC[C@H]1O. The topological polar surface area (TPSA) is 232 Å². The second kappa shape index (κ2) is 32.1. The molecule has 436 valence electrons. The van der Waals surface area contributed by atoms with Crippen molar-refractivity contribution in [1.82, 2.24) is 4.90 Å². The molecule has 3 saturated heterocycles. The number of carbonyl (C=O) groups excluding carboxylic acids is 5. The molecule has 2 unspecified atom stereocenters. The average molecular weight is 1090 g/mol. The molecule has 0 aromatic heterocycles. The van der Waals surface area contributed by atoms with Crippen LogP contribution in [0.3, 0.4) is 0 Å². The normalized spacial score (nSPS) is 39.1. The third kappa shape index (κ3) is 19.0. The molecule has 5 aliphatic rings. The van der Waals surface area contributed by atoms with Crippen molar-refractivity contribution in [3.8, 4) is 0 Å². The predicted octanol–water partition coefficient (Wildman–Crippen LogP) is 6.00. The maximum atomic E-state index is 14.6. The molecule has 0 aromatic carbocycles. The first kappa shape index (κ1) is 64.3. The van der Waals surface area contributed by atoms with Gasteiger partial charge in [-0.05, 0) is 107 Å². The van der Waals surface area contributed by atoms with Crippen LogP contribution in [0.5, 0.6) is 0 Å². The highest BCUT2D eigenvalue weighted by atomic mass is 16.6. The zero-order valence-electron chi connectivity index (χ0n) is 47.5. The molecular formula is C59H93NO17. The molecule has 5 rings (SSSR count). The first-order chi connectivity index (χ1) is 36.8. The quantitative estimate of drug-likeness (QED) is 0.144. The fourth-order valence-corrected chi connectivity index (χ4v) is 11.3. The molecule has 0 radical (unpaired) electrons. The molecule has 16 atom stereocenters. The van der Waals surface area contributed by atoms with Crippen molar-refractivity contribution in [3.05, 3.63) is 47.6 Å². The number of rotatable bonds is 8. The van der Waals surface area contributed by atoms with Gasteiger partial charge in [0.15, 0.2) is 5.78 Å². The summed E-state index contributed by atoms with van der Waals surface area (Å²) in [7, 11) is 2.94. The fraction of sp³-hybridized carbons (Fsp3) is 0.780. The lowest BCUT2D eigenvalue weighted by Gasteiger charge is -2.43. The molecule has 0 spiro atoms. The van der Waals surface area contributed by atoms with Crippen molar-refractivity contribution in [2.24, 2.45) is 35.5 Å². The maximum Gasteiger partial charge on any atom is 0.329 e. The number of aliphatic hydroxyl groups is 3. The minimum atomic E-state index is -2.51. The number of fused-ring (bicyclic) bond motifs is 3. The van der Waals surface area contributed by atoms with Gasteiger partial charge in [0.2, 0.25) is 5.79 Å². The highest BCUT2D eigenvalue weighted by Crippen LogP contribution is 2.38. The van der Waals surface area contributed by atoms with E-state index in [0.717, 1.165) is 5.57 Å². The molecule has 4 heterocycles. The predicted molar refractivity (Wildman–Crippen MR) is 286 cm³/mol. The van der Waals surface area contributed by atoms with Crippen LogP contribution in [0.25, 0.3) is 0 Å². The number of hydrogen-bond donors (Lipinski definition) is 3. The van der Waals surface area contributed by atoms with E-state index in [9.17, 15) is 39.3 Å². The Kier molecular flexibility index (Phi) is 26.8. The van der Waals surface area contributed by atoms with Crippen LogP contribution in [0.4, 0.5) is 0 Å². The van der Waals surface area contributed by atoms with Gasteiger partial charge in [-0.2, -0.15) is 0 Å². The molecule has 3 N–H and O–H groups in total. The van der Waals surface area contributed by atoms with Crippen molar-refractivity contribution in [1.29, 1.82) is 0 Å². The van der Waals surface area contributed by atoms with Crippen LogP contribution in [-0.4, -0.2) is 184 Å². The second-order valence-electron chi connectivity index (χ2n) is 22.5. The molecule has 0 aromatic rings. The second-order valence-corrected chi connectivity index (χ2v) is 22.5. The van der Waals surface area contributed by atoms with E-state index >= 15 is 0 Å². The number of allylic oxidation sites excluding steroid dienone is 6. The van der Waals surface area contributed by atoms with Crippen LogP contribution in [0.1, 0.15) is 126 Å². The Morgan fingerprint density at radius 2 is 1.52 bits per heavy atom. The Morgan fingerprint density at radius 1 is 0.805 bits per heavy atom. The third-order valence-electron chi connectivity index (χ3n) is 16.3. The summed E-state index contributed by atoms with van der Waals surface area (Å²) in [6.45, 7) is 15.4. The van der Waals surface area contributed by atoms with Crippen LogP contribution < -0.4 is 0 Å². The molecule has 18 nitrogen and oxygen atoms in total. The minimum Gasteiger partial charge on any atom is -0.460 e. The molecular weight excluding hydrogens is 995 g/mol. The number of carbonyl (C=O) groups is 5. The summed E-state index contributed by atoms with van der Waals surface area (Å²) in [5, 5.41) is 34.4. The molecule has 1 aliphatic carbocycles. The van der Waals surface area contributed by atoms with Gasteiger partial charge in [0.25, 0.3) is 11.7 Å². The number of hydrogen-bond acceptors (Lipinski definition) is 17. The van der Waals surface area contributed by atoms with Crippen LogP contribution >= 0.6 is 0 Å². The van der Waals surface area contributed by atoms with E-state index in [1.54, 1.807) is 34.0 Å². The third-order valence-corrected chi connectivity index (χ3v) is 16.3. The van der Waals surface area contributed by atoms with E-state index in [1.165, 1.54) is 12.0 Å². The number of cyclic esters (lactones) is 1. The number of Topliss-reactive ketones (excluding diaryl/α,β-unsaturated/α-hetero) is 3. The number of piperidine rings is 1. The highest BCUT2D eigenvalue weighted by Gasteiger charge is 2.53. The molecule has 77 heavy (non-hydrogen) atoms. The number of ketones is 3. The smallest absolute Gasteiger partial charge is 0.329 e. The number of ether oxygens (including phenoxy) is 9. The first-order valence-corrected chi connectivity index (χ1v) is 28.4. The van der Waals surface area contributed by atoms with Crippen LogP contribution in [0.2, 0.25) is 0 Å². The molecule has 4 aliphatic heterocycles. The Hall–Kier alpha value is -3.53. The summed E-state index contributed by atoms with van der Waals surface area (Å²) in [6, 6.07) is -1.18. The van der Waals surface area contributed by atoms with Crippen molar-refractivity contribution >= 4 is 29.2 Å². The largest absolute Gasteiger partial charge is 0.460 e. The monoisotopic (exact) mass is 1090 g/mol. The van der Waals surface area contributed by atoms with E-state index in [0.29, 0.717) is 103 Å². The summed E-state index contributed by atoms with van der Waals surface area (Å²) in [6.07, 6.45) is 9.89. The van der Waals surface area contributed by atoms with Crippen LogP contribution in [-0.2, 0) is 66.6 Å². The van der Waals surface area contributed by atoms with Gasteiger partial charge in [0.05, 0.1) is 77.3 Å². The lowest BCUT2D eigenvalue weighted by Crippen LogP contribution is -2.61. The lowest BCUT2D eigenvalue weighted by atomic mass is 9.78. The van der Waals surface area contributed by atoms with Crippen molar-refractivity contribution in [2.45, 2.75) is 186 Å². The van der Waals surface area contributed by atoms with Crippen molar-refractivity contribution in [3.63, 3.8) is 0 Å². The van der Waals surface area contributed by atoms with Crippen molar-refractivity contribution < 1.29 is 81.9 Å². The van der Waals surface area contributed by atoms with Crippen molar-refractivity contribution in [2.75, 3.05) is 73.6 Å². The Bertz CT molecular complexity index is 2010. The lowest BCUT2D eigenvalue weighted by molar-refractivity contribution is -0.266. The van der Waals surface area contributed by atoms with E-state index in [1.807, 2.05) is 58.1 Å². The minimum absolute atomic E-state index is 0.0275. The van der Waals surface area contributed by atoms with E-state index < -0.39 is 90.0 Å². The number of amides is 1. The van der Waals surface area contributed by atoms with Gasteiger partial charge in [-0.15, -0.1) is 0 Å². The molecule has 2 bridgehead atoms. The van der Waals surface area contributed by atoms with Gasteiger partial charge in [-0.3, -0.25) is 19.2 Å². The summed E-state index contributed by atoms with van der Waals surface area (Å²) in [4.78, 5) is 73.0. The highest BCUT2D eigenvalue weighted by molar-refractivity contribution is 6.39. The van der Waals surface area contributed by atoms with Gasteiger partial charge < -0.3 is 62.9 Å². The Morgan fingerprint density at radius 3 is 2.23 bits per heavy atom. The maximum absolute atomic E-state index is 14.6. The van der Waals surface area contributed by atoms with E-state index in [2.05, 4.69) is 0 Å².